The summed E-state index contributed by atoms with van der Waals surface area (Å²) in [5, 5.41) is 0. The maximum atomic E-state index is 5.01. The molecule has 1 rings (SSSR count). The molecule has 1 atom stereocenters. The molecule has 1 saturated carbocycles. The molecule has 78 valence electrons. The predicted molar refractivity (Wildman–Crippen MR) is 57.4 cm³/mol. The van der Waals surface area contributed by atoms with E-state index < -0.39 is 0 Å². The van der Waals surface area contributed by atoms with Crippen LogP contribution in [0.25, 0.3) is 0 Å². The first-order valence-electron chi connectivity index (χ1n) is 4.96. The summed E-state index contributed by atoms with van der Waals surface area (Å²) in [5.74, 6) is 0.923. The first-order valence-corrected chi connectivity index (χ1v) is 5.77. The van der Waals surface area contributed by atoms with E-state index in [1.807, 2.05) is 0 Å². The van der Waals surface area contributed by atoms with Crippen molar-refractivity contribution in [2.24, 2.45) is 5.92 Å². The molecule has 3 nitrogen and oxygen atoms in total. The molecule has 1 fully saturated rings. The highest BCUT2D eigenvalue weighted by molar-refractivity contribution is 7.95. The topological polar surface area (TPSA) is 33.3 Å². The van der Waals surface area contributed by atoms with Crippen LogP contribution in [-0.4, -0.2) is 26.3 Å². The highest BCUT2D eigenvalue weighted by Crippen LogP contribution is 2.25. The van der Waals surface area contributed by atoms with Crippen molar-refractivity contribution in [3.05, 3.63) is 0 Å². The van der Waals surface area contributed by atoms with E-state index in [4.69, 9.17) is 4.74 Å². The summed E-state index contributed by atoms with van der Waals surface area (Å²) in [6, 6.07) is 0.406. The minimum Gasteiger partial charge on any atom is -0.383 e. The molecule has 0 spiro atoms. The van der Waals surface area contributed by atoms with Gasteiger partial charge in [0.15, 0.2) is 0 Å². The van der Waals surface area contributed by atoms with Gasteiger partial charge in [-0.1, -0.05) is 6.42 Å². The Morgan fingerprint density at radius 2 is 2.31 bits per heavy atom. The quantitative estimate of drug-likeness (QED) is 0.487. The average Bonchev–Trinajstić information content (AvgIpc) is 2.01. The van der Waals surface area contributed by atoms with Crippen molar-refractivity contribution in [2.75, 3.05) is 20.3 Å². The molecule has 0 amide bonds. The van der Waals surface area contributed by atoms with Crippen LogP contribution in [0.2, 0.25) is 0 Å². The Balaban J connectivity index is 1.82. The van der Waals surface area contributed by atoms with Crippen LogP contribution < -0.4 is 9.44 Å². The van der Waals surface area contributed by atoms with Crippen LogP contribution in [0.15, 0.2) is 0 Å². The summed E-state index contributed by atoms with van der Waals surface area (Å²) in [5.41, 5.74) is 0. The largest absolute Gasteiger partial charge is 0.383 e. The molecule has 1 unspecified atom stereocenters. The lowest BCUT2D eigenvalue weighted by Gasteiger charge is -2.25. The monoisotopic (exact) mass is 204 g/mol. The van der Waals surface area contributed by atoms with Gasteiger partial charge in [-0.05, 0) is 25.7 Å². The molecule has 1 aliphatic carbocycles. The molecular weight excluding hydrogens is 184 g/mol. The van der Waals surface area contributed by atoms with Gasteiger partial charge in [-0.3, -0.25) is 4.72 Å². The van der Waals surface area contributed by atoms with Crippen LogP contribution in [0.1, 0.15) is 26.2 Å². The second-order valence-corrected chi connectivity index (χ2v) is 4.45. The fourth-order valence-corrected chi connectivity index (χ4v) is 1.95. The molecule has 4 heteroatoms. The molecule has 0 heterocycles. The van der Waals surface area contributed by atoms with Gasteiger partial charge in [-0.15, -0.1) is 0 Å². The number of hydrogen-bond donors (Lipinski definition) is 2. The lowest BCUT2D eigenvalue weighted by molar-refractivity contribution is 0.181. The van der Waals surface area contributed by atoms with E-state index in [0.717, 1.165) is 19.1 Å². The summed E-state index contributed by atoms with van der Waals surface area (Å²) < 4.78 is 11.6. The van der Waals surface area contributed by atoms with Gasteiger partial charge < -0.3 is 4.74 Å². The van der Waals surface area contributed by atoms with Crippen LogP contribution >= 0.6 is 12.1 Å². The second kappa shape index (κ2) is 6.65. The van der Waals surface area contributed by atoms with Crippen molar-refractivity contribution >= 4 is 12.1 Å². The number of hydrogen-bond acceptors (Lipinski definition) is 4. The van der Waals surface area contributed by atoms with Crippen molar-refractivity contribution in [2.45, 2.75) is 32.2 Å². The van der Waals surface area contributed by atoms with Crippen molar-refractivity contribution < 1.29 is 4.74 Å². The van der Waals surface area contributed by atoms with Crippen molar-refractivity contribution in [1.82, 2.24) is 9.44 Å². The molecule has 0 aromatic carbocycles. The number of ether oxygens (including phenoxy) is 1. The molecule has 0 aliphatic heterocycles. The third kappa shape index (κ3) is 4.86. The summed E-state index contributed by atoms with van der Waals surface area (Å²) in [6.45, 7) is 4.01. The molecule has 0 bridgehead atoms. The van der Waals surface area contributed by atoms with Gasteiger partial charge in [-0.2, -0.15) is 0 Å². The predicted octanol–water partition coefficient (Wildman–Crippen LogP) is 1.56. The van der Waals surface area contributed by atoms with E-state index >= 15 is 0 Å². The van der Waals surface area contributed by atoms with Gasteiger partial charge in [-0.25, -0.2) is 4.72 Å². The Labute approximate surface area is 85.3 Å². The zero-order valence-electron chi connectivity index (χ0n) is 8.51. The second-order valence-electron chi connectivity index (χ2n) is 3.72. The average molecular weight is 204 g/mol. The third-order valence-corrected chi connectivity index (χ3v) is 3.18. The van der Waals surface area contributed by atoms with E-state index in [0.29, 0.717) is 6.04 Å². The molecule has 0 saturated heterocycles. The highest BCUT2D eigenvalue weighted by Gasteiger charge is 2.16. The van der Waals surface area contributed by atoms with Gasteiger partial charge in [0.05, 0.1) is 6.61 Å². The normalized spacial score (nSPS) is 19.8. The van der Waals surface area contributed by atoms with Gasteiger partial charge in [0.2, 0.25) is 0 Å². The zero-order valence-corrected chi connectivity index (χ0v) is 9.32. The Bertz CT molecular complexity index is 131. The number of methoxy groups -OCH3 is 1. The van der Waals surface area contributed by atoms with Gasteiger partial charge in [0.1, 0.15) is 0 Å². The summed E-state index contributed by atoms with van der Waals surface area (Å²) in [7, 11) is 1.73. The summed E-state index contributed by atoms with van der Waals surface area (Å²) >= 11 is 1.60. The first kappa shape index (κ1) is 11.3. The van der Waals surface area contributed by atoms with Crippen molar-refractivity contribution in [1.29, 1.82) is 0 Å². The molecule has 0 aromatic rings. The van der Waals surface area contributed by atoms with Crippen LogP contribution in [0, 0.1) is 5.92 Å². The van der Waals surface area contributed by atoms with Crippen LogP contribution in [-0.2, 0) is 4.74 Å². The lowest BCUT2D eigenvalue weighted by Crippen LogP contribution is -2.30. The van der Waals surface area contributed by atoms with E-state index in [1.54, 1.807) is 19.2 Å². The smallest absolute Gasteiger partial charge is 0.0622 e. The summed E-state index contributed by atoms with van der Waals surface area (Å²) in [4.78, 5) is 0. The third-order valence-electron chi connectivity index (χ3n) is 2.35. The van der Waals surface area contributed by atoms with Gasteiger partial charge in [0, 0.05) is 31.8 Å². The van der Waals surface area contributed by atoms with E-state index in [-0.39, 0.29) is 0 Å². The van der Waals surface area contributed by atoms with E-state index in [2.05, 4.69) is 16.4 Å². The Morgan fingerprint density at radius 1 is 1.54 bits per heavy atom. The lowest BCUT2D eigenvalue weighted by atomic mass is 9.86. The standard InChI is InChI=1S/C9H20N2OS/c1-8(7-12-2)11-13-10-6-9-4-3-5-9/h8-11H,3-7H2,1-2H3. The molecule has 0 radical (unpaired) electrons. The molecule has 2 N–H and O–H groups in total. The van der Waals surface area contributed by atoms with E-state index in [9.17, 15) is 0 Å². The fourth-order valence-electron chi connectivity index (χ4n) is 1.28. The maximum absolute atomic E-state index is 5.01. The van der Waals surface area contributed by atoms with Crippen LogP contribution in [0.4, 0.5) is 0 Å². The molecule has 0 aromatic heterocycles. The molecule has 1 aliphatic rings. The Morgan fingerprint density at radius 3 is 2.85 bits per heavy atom. The van der Waals surface area contributed by atoms with Gasteiger partial charge >= 0.3 is 0 Å². The minimum absolute atomic E-state index is 0.406. The first-order chi connectivity index (χ1) is 6.33. The van der Waals surface area contributed by atoms with Crippen LogP contribution in [0.3, 0.4) is 0 Å². The maximum Gasteiger partial charge on any atom is 0.0622 e. The summed E-state index contributed by atoms with van der Waals surface area (Å²) in [6.07, 6.45) is 4.23. The van der Waals surface area contributed by atoms with E-state index in [1.165, 1.54) is 19.3 Å². The zero-order chi connectivity index (χ0) is 9.52. The van der Waals surface area contributed by atoms with Crippen LogP contribution in [0.5, 0.6) is 0 Å². The number of rotatable bonds is 7. The molecular formula is C9H20N2OS. The minimum atomic E-state index is 0.406. The number of nitrogens with one attached hydrogen (secondary N) is 2. The van der Waals surface area contributed by atoms with Crippen molar-refractivity contribution in [3.63, 3.8) is 0 Å². The highest BCUT2D eigenvalue weighted by atomic mass is 32.2. The van der Waals surface area contributed by atoms with Crippen molar-refractivity contribution in [3.8, 4) is 0 Å². The Kier molecular flexibility index (Phi) is 5.78. The fraction of sp³-hybridized carbons (Fsp3) is 1.00. The Hall–Kier alpha value is 0.230. The molecule has 13 heavy (non-hydrogen) atoms. The van der Waals surface area contributed by atoms with Gasteiger partial charge in [0.25, 0.3) is 0 Å². The SMILES string of the molecule is COCC(C)NSNCC1CCC1.